The molecule has 0 saturated heterocycles. The number of fused-ring (bicyclic) bond motifs is 5. The number of hydrogen-bond donors (Lipinski definition) is 0. The third-order valence-corrected chi connectivity index (χ3v) is 9.39. The van der Waals surface area contributed by atoms with Gasteiger partial charge in [-0.2, -0.15) is 0 Å². The molecule has 198 valence electrons. The topological polar surface area (TPSA) is 13.1 Å². The summed E-state index contributed by atoms with van der Waals surface area (Å²) in [7, 11) is 0. The fourth-order valence-corrected chi connectivity index (χ4v) is 7.43. The van der Waals surface area contributed by atoms with Crippen LogP contribution >= 0.6 is 0 Å². The summed E-state index contributed by atoms with van der Waals surface area (Å²) in [6.45, 7) is 0. The average molecular weight is 545 g/mol. The van der Waals surface area contributed by atoms with Crippen LogP contribution in [-0.2, 0) is 0 Å². The molecule has 0 saturated carbocycles. The van der Waals surface area contributed by atoms with Gasteiger partial charge in [-0.15, -0.1) is 0 Å². The van der Waals surface area contributed by atoms with Crippen molar-refractivity contribution in [3.63, 3.8) is 0 Å². The molecule has 1 nitrogen and oxygen atoms in total. The lowest BCUT2D eigenvalue weighted by Crippen LogP contribution is -1.89. The Kier molecular flexibility index (Phi) is 4.51. The lowest BCUT2D eigenvalue weighted by Gasteiger charge is -2.16. The molecule has 0 radical (unpaired) electrons. The second-order valence-corrected chi connectivity index (χ2v) is 11.7. The smallest absolute Gasteiger partial charge is 0.143 e. The van der Waals surface area contributed by atoms with Crippen LogP contribution in [0.4, 0.5) is 0 Å². The first-order valence-electron chi connectivity index (χ1n) is 14.8. The molecule has 0 atom stereocenters. The van der Waals surface area contributed by atoms with Crippen molar-refractivity contribution in [2.75, 3.05) is 0 Å². The maximum atomic E-state index is 6.88. The van der Waals surface area contributed by atoms with E-state index in [-0.39, 0.29) is 0 Å². The van der Waals surface area contributed by atoms with Gasteiger partial charge in [-0.1, -0.05) is 127 Å². The fourth-order valence-electron chi connectivity index (χ4n) is 7.43. The third kappa shape index (κ3) is 3.17. The van der Waals surface area contributed by atoms with E-state index in [1.807, 2.05) is 0 Å². The van der Waals surface area contributed by atoms with Crippen molar-refractivity contribution in [1.29, 1.82) is 0 Å². The molecule has 0 spiro atoms. The van der Waals surface area contributed by atoms with E-state index in [4.69, 9.17) is 4.42 Å². The van der Waals surface area contributed by atoms with Gasteiger partial charge in [0.2, 0.25) is 0 Å². The first-order valence-corrected chi connectivity index (χ1v) is 14.8. The first-order chi connectivity index (χ1) is 21.3. The molecule has 0 N–H and O–H groups in total. The van der Waals surface area contributed by atoms with Gasteiger partial charge < -0.3 is 4.42 Å². The van der Waals surface area contributed by atoms with E-state index >= 15 is 0 Å². The van der Waals surface area contributed by atoms with Crippen LogP contribution in [0.15, 0.2) is 150 Å². The molecular weight excluding hydrogens is 520 g/mol. The fraction of sp³-hybridized carbons (Fsp3) is 0. The van der Waals surface area contributed by atoms with E-state index in [1.165, 1.54) is 75.9 Å². The quantitative estimate of drug-likeness (QED) is 0.197. The molecule has 10 aromatic rings. The Morgan fingerprint density at radius 1 is 0.302 bits per heavy atom. The predicted octanol–water partition coefficient (Wildman–Crippen LogP) is 12.1. The lowest BCUT2D eigenvalue weighted by molar-refractivity contribution is 0.670. The molecule has 1 heteroatoms. The highest BCUT2D eigenvalue weighted by Crippen LogP contribution is 2.47. The molecule has 0 aliphatic rings. The molecule has 1 heterocycles. The van der Waals surface area contributed by atoms with Crippen LogP contribution in [0.25, 0.3) is 98.1 Å². The normalized spacial score (nSPS) is 12.2. The van der Waals surface area contributed by atoms with E-state index < -0.39 is 0 Å². The second-order valence-electron chi connectivity index (χ2n) is 11.7. The van der Waals surface area contributed by atoms with E-state index in [1.54, 1.807) is 0 Å². The predicted molar refractivity (Wildman–Crippen MR) is 183 cm³/mol. The van der Waals surface area contributed by atoms with Gasteiger partial charge >= 0.3 is 0 Å². The maximum Gasteiger partial charge on any atom is 0.143 e. The zero-order valence-electron chi connectivity index (χ0n) is 23.3. The molecule has 0 unspecified atom stereocenters. The summed E-state index contributed by atoms with van der Waals surface area (Å²) in [5.74, 6) is 0. The van der Waals surface area contributed by atoms with Crippen LogP contribution in [0, 0.1) is 0 Å². The Morgan fingerprint density at radius 3 is 1.74 bits per heavy atom. The Morgan fingerprint density at radius 2 is 0.884 bits per heavy atom. The molecule has 0 amide bonds. The van der Waals surface area contributed by atoms with Gasteiger partial charge in [0.05, 0.1) is 0 Å². The maximum absolute atomic E-state index is 6.88. The van der Waals surface area contributed by atoms with E-state index in [0.717, 1.165) is 22.1 Å². The number of furan rings is 1. The van der Waals surface area contributed by atoms with Crippen molar-refractivity contribution < 1.29 is 4.42 Å². The average Bonchev–Trinajstić information content (AvgIpc) is 3.44. The molecule has 0 aliphatic heterocycles. The van der Waals surface area contributed by atoms with Crippen LogP contribution in [0.1, 0.15) is 0 Å². The zero-order valence-corrected chi connectivity index (χ0v) is 23.3. The van der Waals surface area contributed by atoms with Crippen LogP contribution in [0.5, 0.6) is 0 Å². The highest BCUT2D eigenvalue weighted by molar-refractivity contribution is 6.28. The number of rotatable bonds is 2. The van der Waals surface area contributed by atoms with Crippen LogP contribution < -0.4 is 0 Å². The standard InChI is InChI=1S/C42H24O/c1-2-9-30-24-38-37(23-29(30)8-1)41-35(21-22-36(42(41)43-38)32-14-6-10-25-7-3-4-13-31(25)32)33-19-17-28-16-15-26-11-5-12-27-18-20-34(33)40(28)39(26)27/h1-24H. The molecule has 9 aromatic carbocycles. The summed E-state index contributed by atoms with van der Waals surface area (Å²) in [5, 5.41) is 15.0. The Bertz CT molecular complexity index is 2700. The Hall–Kier alpha value is -5.66. The van der Waals surface area contributed by atoms with Gasteiger partial charge in [0, 0.05) is 16.3 Å². The van der Waals surface area contributed by atoms with Gasteiger partial charge in [0.25, 0.3) is 0 Å². The summed E-state index contributed by atoms with van der Waals surface area (Å²) in [4.78, 5) is 0. The van der Waals surface area contributed by atoms with Gasteiger partial charge in [-0.05, 0) is 88.8 Å². The molecule has 0 bridgehead atoms. The highest BCUT2D eigenvalue weighted by Gasteiger charge is 2.21. The Labute approximate surface area is 247 Å². The van der Waals surface area contributed by atoms with Crippen LogP contribution in [0.2, 0.25) is 0 Å². The van der Waals surface area contributed by atoms with Crippen molar-refractivity contribution >= 4 is 75.8 Å². The SMILES string of the molecule is c1ccc2cc3c(cc2c1)oc1c(-c2cccc4ccccc24)ccc(-c2ccc4ccc5cccc6ccc2c4c56)c13. The summed E-state index contributed by atoms with van der Waals surface area (Å²) in [5.41, 5.74) is 6.59. The third-order valence-electron chi connectivity index (χ3n) is 9.39. The Balaban J connectivity index is 1.37. The molecule has 43 heavy (non-hydrogen) atoms. The minimum atomic E-state index is 0.917. The summed E-state index contributed by atoms with van der Waals surface area (Å²) >= 11 is 0. The van der Waals surface area contributed by atoms with Gasteiger partial charge in [-0.25, -0.2) is 0 Å². The molecule has 1 aromatic heterocycles. The molecular formula is C42H24O. The minimum Gasteiger partial charge on any atom is -0.455 e. The van der Waals surface area contributed by atoms with Crippen molar-refractivity contribution in [1.82, 2.24) is 0 Å². The monoisotopic (exact) mass is 544 g/mol. The van der Waals surface area contributed by atoms with Crippen LogP contribution in [0.3, 0.4) is 0 Å². The number of hydrogen-bond acceptors (Lipinski definition) is 1. The first kappa shape index (κ1) is 23.0. The van der Waals surface area contributed by atoms with Gasteiger partial charge in [-0.3, -0.25) is 0 Å². The van der Waals surface area contributed by atoms with Gasteiger partial charge in [0.15, 0.2) is 0 Å². The lowest BCUT2D eigenvalue weighted by atomic mass is 9.87. The number of benzene rings is 9. The molecule has 0 fully saturated rings. The van der Waals surface area contributed by atoms with E-state index in [2.05, 4.69) is 146 Å². The van der Waals surface area contributed by atoms with Crippen molar-refractivity contribution in [3.05, 3.63) is 146 Å². The van der Waals surface area contributed by atoms with Gasteiger partial charge in [0.1, 0.15) is 11.2 Å². The van der Waals surface area contributed by atoms with E-state index in [0.29, 0.717) is 0 Å². The van der Waals surface area contributed by atoms with E-state index in [9.17, 15) is 0 Å². The minimum absolute atomic E-state index is 0.917. The largest absolute Gasteiger partial charge is 0.455 e. The van der Waals surface area contributed by atoms with Crippen molar-refractivity contribution in [3.8, 4) is 22.3 Å². The second kappa shape index (κ2) is 8.44. The molecule has 0 aliphatic carbocycles. The highest BCUT2D eigenvalue weighted by atomic mass is 16.3. The van der Waals surface area contributed by atoms with Crippen molar-refractivity contribution in [2.24, 2.45) is 0 Å². The van der Waals surface area contributed by atoms with Crippen LogP contribution in [-0.4, -0.2) is 0 Å². The summed E-state index contributed by atoms with van der Waals surface area (Å²) in [6, 6.07) is 53.1. The zero-order chi connectivity index (χ0) is 28.1. The van der Waals surface area contributed by atoms with Crippen molar-refractivity contribution in [2.45, 2.75) is 0 Å². The molecule has 10 rings (SSSR count). The summed E-state index contributed by atoms with van der Waals surface area (Å²) < 4.78 is 6.88. The summed E-state index contributed by atoms with van der Waals surface area (Å²) in [6.07, 6.45) is 0.